The molecule has 0 bridgehead atoms. The molecule has 0 saturated carbocycles. The van der Waals surface area contributed by atoms with Gasteiger partial charge in [0.2, 0.25) is 5.75 Å². The lowest BCUT2D eigenvalue weighted by Gasteiger charge is -2.06. The molecule has 0 fully saturated rings. The van der Waals surface area contributed by atoms with Crippen molar-refractivity contribution in [2.24, 2.45) is 0 Å². The summed E-state index contributed by atoms with van der Waals surface area (Å²) in [6, 6.07) is 13.7. The normalized spacial score (nSPS) is 10.3. The number of fused-ring (bicyclic) bond motifs is 1. The van der Waals surface area contributed by atoms with Crippen LogP contribution in [0.3, 0.4) is 0 Å². The van der Waals surface area contributed by atoms with Gasteiger partial charge in [-0.15, -0.1) is 0 Å². The minimum Gasteiger partial charge on any atom is -0.420 e. The number of nitrogens with one attached hydrogen (secondary N) is 1. The van der Waals surface area contributed by atoms with Crippen molar-refractivity contribution in [1.82, 2.24) is 0 Å². The number of ether oxygens (including phenoxy) is 1. The molecule has 0 aliphatic carbocycles. The number of nitro benzene ring substituents is 1. The van der Waals surface area contributed by atoms with Crippen LogP contribution < -0.4 is 15.7 Å². The monoisotopic (exact) mass is 326 g/mol. The largest absolute Gasteiger partial charge is 0.420 e. The van der Waals surface area contributed by atoms with Crippen LogP contribution in [0.5, 0.6) is 5.75 Å². The van der Waals surface area contributed by atoms with Crippen LogP contribution in [0.2, 0.25) is 0 Å². The first-order chi connectivity index (χ1) is 11.5. The molecule has 1 aromatic heterocycles. The fraction of sp³-hybridized carbons (Fsp3) is 0. The molecule has 1 heterocycles. The zero-order valence-electron chi connectivity index (χ0n) is 12.1. The summed E-state index contributed by atoms with van der Waals surface area (Å²) in [5, 5.41) is 13.7. The summed E-state index contributed by atoms with van der Waals surface area (Å²) in [7, 11) is 0. The molecule has 24 heavy (non-hydrogen) atoms. The predicted molar refractivity (Wildman–Crippen MR) is 85.2 cm³/mol. The Morgan fingerprint density at radius 1 is 1.12 bits per heavy atom. The minimum absolute atomic E-state index is 0.0438. The number of rotatable bonds is 3. The number of anilines is 1. The Bertz CT molecular complexity index is 995. The summed E-state index contributed by atoms with van der Waals surface area (Å²) in [6.45, 7) is 0. The molecule has 120 valence electrons. The van der Waals surface area contributed by atoms with Crippen LogP contribution >= 0.6 is 0 Å². The lowest BCUT2D eigenvalue weighted by molar-refractivity contribution is -0.383. The van der Waals surface area contributed by atoms with Gasteiger partial charge in [0.25, 0.3) is 5.69 Å². The standard InChI is InChI=1S/C16H10N2O6/c19-15-14(9-10-5-1-4-8-13(10)23-15)24-16(20)17-11-6-2-3-7-12(11)18(21)22/h1-9H,(H,17,20). The maximum absolute atomic E-state index is 11.9. The molecule has 3 rings (SSSR count). The highest BCUT2D eigenvalue weighted by atomic mass is 16.6. The van der Waals surface area contributed by atoms with E-state index in [9.17, 15) is 19.7 Å². The smallest absolute Gasteiger partial charge is 0.417 e. The van der Waals surface area contributed by atoms with E-state index >= 15 is 0 Å². The Morgan fingerprint density at radius 3 is 2.62 bits per heavy atom. The maximum Gasteiger partial charge on any atom is 0.417 e. The number of hydrogen-bond donors (Lipinski definition) is 1. The molecule has 0 spiro atoms. The van der Waals surface area contributed by atoms with Gasteiger partial charge in [-0.25, -0.2) is 9.59 Å². The molecule has 0 unspecified atom stereocenters. The maximum atomic E-state index is 11.9. The van der Waals surface area contributed by atoms with Gasteiger partial charge in [-0.1, -0.05) is 30.3 Å². The zero-order valence-corrected chi connectivity index (χ0v) is 12.1. The van der Waals surface area contributed by atoms with Gasteiger partial charge in [0.15, 0.2) is 0 Å². The lowest BCUT2D eigenvalue weighted by Crippen LogP contribution is -2.20. The summed E-state index contributed by atoms with van der Waals surface area (Å²) in [5.74, 6) is -0.315. The van der Waals surface area contributed by atoms with E-state index in [1.165, 1.54) is 30.3 Å². The quantitative estimate of drug-likeness (QED) is 0.449. The molecule has 0 aliphatic heterocycles. The van der Waals surface area contributed by atoms with E-state index in [4.69, 9.17) is 9.15 Å². The molecule has 8 heteroatoms. The van der Waals surface area contributed by atoms with E-state index in [2.05, 4.69) is 5.32 Å². The second-order valence-electron chi connectivity index (χ2n) is 4.72. The van der Waals surface area contributed by atoms with Crippen molar-refractivity contribution in [2.75, 3.05) is 5.32 Å². The highest BCUT2D eigenvalue weighted by molar-refractivity contribution is 5.89. The van der Waals surface area contributed by atoms with Crippen molar-refractivity contribution >= 4 is 28.4 Å². The number of nitrogens with zero attached hydrogens (tertiary/aromatic N) is 1. The molecule has 1 N–H and O–H groups in total. The first-order valence-electron chi connectivity index (χ1n) is 6.80. The molecule has 0 radical (unpaired) electrons. The fourth-order valence-corrected chi connectivity index (χ4v) is 2.09. The van der Waals surface area contributed by atoms with Crippen molar-refractivity contribution in [3.8, 4) is 5.75 Å². The summed E-state index contributed by atoms with van der Waals surface area (Å²) in [5.41, 5.74) is -0.807. The summed E-state index contributed by atoms with van der Waals surface area (Å²) < 4.78 is 9.95. The SMILES string of the molecule is O=C(Nc1ccccc1[N+](=O)[O-])Oc1cc2ccccc2oc1=O. The van der Waals surface area contributed by atoms with Crippen LogP contribution in [0.1, 0.15) is 0 Å². The number of nitro groups is 1. The Morgan fingerprint density at radius 2 is 1.83 bits per heavy atom. The van der Waals surface area contributed by atoms with Gasteiger partial charge in [-0.2, -0.15) is 0 Å². The second-order valence-corrected chi connectivity index (χ2v) is 4.72. The van der Waals surface area contributed by atoms with Crippen molar-refractivity contribution in [2.45, 2.75) is 0 Å². The Labute approximate surface area is 134 Å². The van der Waals surface area contributed by atoms with Crippen LogP contribution in [-0.2, 0) is 0 Å². The summed E-state index contributed by atoms with van der Waals surface area (Å²) in [4.78, 5) is 34.0. The third-order valence-corrected chi connectivity index (χ3v) is 3.15. The molecule has 0 aliphatic rings. The summed E-state index contributed by atoms with van der Waals surface area (Å²) >= 11 is 0. The van der Waals surface area contributed by atoms with E-state index in [0.717, 1.165) is 0 Å². The molecule has 3 aromatic rings. The number of carbonyl (C=O) groups excluding carboxylic acids is 1. The van der Waals surface area contributed by atoms with Gasteiger partial charge >= 0.3 is 11.7 Å². The van der Waals surface area contributed by atoms with Crippen molar-refractivity contribution in [3.63, 3.8) is 0 Å². The average Bonchev–Trinajstić information content (AvgIpc) is 2.55. The first-order valence-corrected chi connectivity index (χ1v) is 6.80. The molecule has 8 nitrogen and oxygen atoms in total. The number of amides is 1. The summed E-state index contributed by atoms with van der Waals surface area (Å²) in [6.07, 6.45) is -1.04. The Kier molecular flexibility index (Phi) is 3.94. The van der Waals surface area contributed by atoms with Crippen molar-refractivity contribution in [3.05, 3.63) is 75.1 Å². The van der Waals surface area contributed by atoms with Crippen LogP contribution in [0, 0.1) is 10.1 Å². The van der Waals surface area contributed by atoms with Gasteiger partial charge in [0.05, 0.1) is 4.92 Å². The molecule has 0 atom stereocenters. The topological polar surface area (TPSA) is 112 Å². The Hall–Kier alpha value is -3.68. The highest BCUT2D eigenvalue weighted by Crippen LogP contribution is 2.23. The Balaban J connectivity index is 1.84. The molecule has 0 saturated heterocycles. The highest BCUT2D eigenvalue weighted by Gasteiger charge is 2.17. The van der Waals surface area contributed by atoms with Crippen LogP contribution in [0.15, 0.2) is 63.8 Å². The molecular weight excluding hydrogens is 316 g/mol. The molecular formula is C16H10N2O6. The van der Waals surface area contributed by atoms with Gasteiger partial charge in [-0.05, 0) is 18.2 Å². The zero-order chi connectivity index (χ0) is 17.1. The van der Waals surface area contributed by atoms with Crippen LogP contribution in [0.4, 0.5) is 16.2 Å². The second kappa shape index (κ2) is 6.21. The lowest BCUT2D eigenvalue weighted by atomic mass is 10.2. The van der Waals surface area contributed by atoms with Gasteiger partial charge in [-0.3, -0.25) is 15.4 Å². The van der Waals surface area contributed by atoms with E-state index in [-0.39, 0.29) is 17.1 Å². The fourth-order valence-electron chi connectivity index (χ4n) is 2.09. The van der Waals surface area contributed by atoms with Crippen molar-refractivity contribution in [1.29, 1.82) is 0 Å². The number of carbonyl (C=O) groups is 1. The first kappa shape index (κ1) is 15.2. The third kappa shape index (κ3) is 3.07. The number of para-hydroxylation sites is 3. The third-order valence-electron chi connectivity index (χ3n) is 3.15. The molecule has 1 amide bonds. The minimum atomic E-state index is -1.04. The van der Waals surface area contributed by atoms with Crippen LogP contribution in [0.25, 0.3) is 11.0 Å². The van der Waals surface area contributed by atoms with Crippen molar-refractivity contribution < 1.29 is 18.9 Å². The number of benzene rings is 2. The van der Waals surface area contributed by atoms with E-state index < -0.39 is 16.6 Å². The van der Waals surface area contributed by atoms with Gasteiger partial charge < -0.3 is 9.15 Å². The predicted octanol–water partition coefficient (Wildman–Crippen LogP) is 3.31. The van der Waals surface area contributed by atoms with Crippen LogP contribution in [-0.4, -0.2) is 11.0 Å². The van der Waals surface area contributed by atoms with E-state index in [1.807, 2.05) is 0 Å². The van der Waals surface area contributed by atoms with E-state index in [1.54, 1.807) is 24.3 Å². The van der Waals surface area contributed by atoms with Gasteiger partial charge in [0, 0.05) is 11.5 Å². The molecule has 2 aromatic carbocycles. The average molecular weight is 326 g/mol. The van der Waals surface area contributed by atoms with E-state index in [0.29, 0.717) is 11.0 Å². The van der Waals surface area contributed by atoms with Gasteiger partial charge in [0.1, 0.15) is 11.3 Å². The number of hydrogen-bond acceptors (Lipinski definition) is 6.